The van der Waals surface area contributed by atoms with E-state index in [1.54, 1.807) is 44.2 Å². The number of methoxy groups -OCH3 is 1. The second kappa shape index (κ2) is 13.0. The van der Waals surface area contributed by atoms with E-state index in [1.807, 2.05) is 22.6 Å². The van der Waals surface area contributed by atoms with E-state index in [2.05, 4.69) is 37.1 Å². The number of nitrogens with zero attached hydrogens (tertiary/aromatic N) is 1. The topological polar surface area (TPSA) is 151 Å². The van der Waals surface area contributed by atoms with E-state index < -0.39 is 24.3 Å². The summed E-state index contributed by atoms with van der Waals surface area (Å²) < 4.78 is 17.7. The van der Waals surface area contributed by atoms with E-state index in [4.69, 9.17) is 14.2 Å². The molecule has 5 N–H and O–H groups in total. The van der Waals surface area contributed by atoms with E-state index in [-0.39, 0.29) is 17.9 Å². The zero-order valence-corrected chi connectivity index (χ0v) is 23.9. The van der Waals surface area contributed by atoms with Crippen molar-refractivity contribution in [3.8, 4) is 17.2 Å². The minimum Gasteiger partial charge on any atom is -0.506 e. The second-order valence-corrected chi connectivity index (χ2v) is 9.82. The maximum atomic E-state index is 12.4. The Kier molecular flexibility index (Phi) is 10.00. The van der Waals surface area contributed by atoms with Crippen LogP contribution in [0, 0.1) is 3.57 Å². The first-order chi connectivity index (χ1) is 17.6. The maximum Gasteiger partial charge on any atom is 0.337 e. The van der Waals surface area contributed by atoms with Gasteiger partial charge in [-0.3, -0.25) is 5.43 Å². The van der Waals surface area contributed by atoms with Crippen molar-refractivity contribution in [3.63, 3.8) is 0 Å². The number of hydrazone groups is 1. The molecule has 0 fully saturated rings. The minimum atomic E-state index is -1.17. The standard InChI is InChI=1S/C24H26BrIN4O7/c1-4-36-18-8-13(21-20(23(33)35-3)12(2)28-24(34)29-21)5-6-17(18)37-11-19(31)30-27-10-14-7-15(25)9-16(26)22(14)32/h5-10,19,21,30-32H,4,11H2,1-3H3,(H2,28,29,34)/b27-10+/t19-,21+/m0/s1. The number of aliphatic hydroxyl groups excluding tert-OH is 1. The molecule has 0 radical (unpaired) electrons. The van der Waals surface area contributed by atoms with Crippen LogP contribution >= 0.6 is 38.5 Å². The fourth-order valence-corrected chi connectivity index (χ4v) is 5.05. The van der Waals surface area contributed by atoms with Gasteiger partial charge in [-0.15, -0.1) is 0 Å². The van der Waals surface area contributed by atoms with Gasteiger partial charge in [0.1, 0.15) is 12.4 Å². The molecule has 198 valence electrons. The average Bonchev–Trinajstić information content (AvgIpc) is 2.85. The lowest BCUT2D eigenvalue weighted by Crippen LogP contribution is -2.45. The van der Waals surface area contributed by atoms with Crippen LogP contribution in [-0.4, -0.2) is 55.0 Å². The quantitative estimate of drug-likeness (QED) is 0.0840. The molecule has 3 rings (SSSR count). The third kappa shape index (κ3) is 7.26. The van der Waals surface area contributed by atoms with Gasteiger partial charge in [0.25, 0.3) is 0 Å². The number of nitrogens with one attached hydrogen (secondary N) is 3. The summed E-state index contributed by atoms with van der Waals surface area (Å²) in [6.45, 7) is 3.58. The summed E-state index contributed by atoms with van der Waals surface area (Å²) in [5.74, 6) is 0.204. The second-order valence-electron chi connectivity index (χ2n) is 7.74. The number of esters is 1. The van der Waals surface area contributed by atoms with Gasteiger partial charge in [-0.25, -0.2) is 9.59 Å². The number of amides is 2. The maximum absolute atomic E-state index is 12.4. The van der Waals surface area contributed by atoms with Gasteiger partial charge in [0.15, 0.2) is 17.7 Å². The van der Waals surface area contributed by atoms with Crippen LogP contribution in [0.3, 0.4) is 0 Å². The van der Waals surface area contributed by atoms with Crippen LogP contribution in [0.5, 0.6) is 17.2 Å². The fraction of sp³-hybridized carbons (Fsp3) is 0.292. The van der Waals surface area contributed by atoms with Crippen LogP contribution in [-0.2, 0) is 9.53 Å². The monoisotopic (exact) mass is 688 g/mol. The van der Waals surface area contributed by atoms with Gasteiger partial charge in [0.05, 0.1) is 35.1 Å². The van der Waals surface area contributed by atoms with Crippen LogP contribution in [0.15, 0.2) is 51.2 Å². The average molecular weight is 689 g/mol. The molecular weight excluding hydrogens is 663 g/mol. The highest BCUT2D eigenvalue weighted by atomic mass is 127. The number of carbonyl (C=O) groups excluding carboxylic acids is 2. The van der Waals surface area contributed by atoms with E-state index in [1.165, 1.54) is 13.3 Å². The van der Waals surface area contributed by atoms with Crippen LogP contribution in [0.2, 0.25) is 0 Å². The first-order valence-corrected chi connectivity index (χ1v) is 12.9. The highest BCUT2D eigenvalue weighted by Crippen LogP contribution is 2.35. The number of benzene rings is 2. The summed E-state index contributed by atoms with van der Waals surface area (Å²) in [6.07, 6.45) is 0.215. The molecule has 2 aromatic rings. The molecule has 0 bridgehead atoms. The first kappa shape index (κ1) is 28.5. The third-order valence-corrected chi connectivity index (χ3v) is 6.44. The van der Waals surface area contributed by atoms with Crippen molar-refractivity contribution in [2.75, 3.05) is 20.3 Å². The molecule has 0 spiro atoms. The van der Waals surface area contributed by atoms with Gasteiger partial charge in [-0.1, -0.05) is 22.0 Å². The van der Waals surface area contributed by atoms with Crippen molar-refractivity contribution < 1.29 is 34.0 Å². The molecule has 0 saturated carbocycles. The highest BCUT2D eigenvalue weighted by molar-refractivity contribution is 14.1. The molecule has 1 aliphatic rings. The number of allylic oxidation sites excluding steroid dienone is 1. The normalized spacial score (nSPS) is 16.2. The van der Waals surface area contributed by atoms with Gasteiger partial charge in [0.2, 0.25) is 0 Å². The predicted molar refractivity (Wildman–Crippen MR) is 147 cm³/mol. The summed E-state index contributed by atoms with van der Waals surface area (Å²) in [6, 6.07) is 7.20. The van der Waals surface area contributed by atoms with Gasteiger partial charge in [0, 0.05) is 15.7 Å². The molecule has 37 heavy (non-hydrogen) atoms. The van der Waals surface area contributed by atoms with Crippen molar-refractivity contribution in [2.45, 2.75) is 26.1 Å². The molecular formula is C24H26BrIN4O7. The minimum absolute atomic E-state index is 0.0758. The number of halogens is 2. The van der Waals surface area contributed by atoms with Crippen LogP contribution in [0.1, 0.15) is 31.0 Å². The number of aliphatic hydroxyl groups is 1. The van der Waals surface area contributed by atoms with Crippen LogP contribution in [0.25, 0.3) is 0 Å². The first-order valence-electron chi connectivity index (χ1n) is 11.0. The van der Waals surface area contributed by atoms with Crippen molar-refractivity contribution in [3.05, 3.63) is 60.8 Å². The Labute approximate surface area is 235 Å². The lowest BCUT2D eigenvalue weighted by molar-refractivity contribution is -0.136. The number of hydrogen-bond acceptors (Lipinski definition) is 9. The molecule has 1 aliphatic heterocycles. The van der Waals surface area contributed by atoms with Gasteiger partial charge < -0.3 is 35.1 Å². The van der Waals surface area contributed by atoms with E-state index in [9.17, 15) is 19.8 Å². The number of aromatic hydroxyl groups is 1. The lowest BCUT2D eigenvalue weighted by atomic mass is 9.95. The number of rotatable bonds is 10. The summed E-state index contributed by atoms with van der Waals surface area (Å²) in [4.78, 5) is 24.4. The SMILES string of the molecule is CCOc1cc([C@H]2NC(=O)NC(C)=C2C(=O)OC)ccc1OC[C@H](O)N/N=C/c1cc(Br)cc(I)c1O. The third-order valence-electron chi connectivity index (χ3n) is 5.16. The Hall–Kier alpha value is -3.04. The number of hydrogen-bond donors (Lipinski definition) is 5. The molecule has 1 heterocycles. The fourth-order valence-electron chi connectivity index (χ4n) is 3.50. The lowest BCUT2D eigenvalue weighted by Gasteiger charge is -2.28. The number of phenols is 1. The van der Waals surface area contributed by atoms with Gasteiger partial charge in [-0.2, -0.15) is 5.10 Å². The molecule has 13 heteroatoms. The summed E-state index contributed by atoms with van der Waals surface area (Å²) >= 11 is 5.36. The summed E-state index contributed by atoms with van der Waals surface area (Å²) in [5.41, 5.74) is 4.24. The zero-order chi connectivity index (χ0) is 27.1. The van der Waals surface area contributed by atoms with Crippen molar-refractivity contribution in [2.24, 2.45) is 5.10 Å². The number of carbonyl (C=O) groups is 2. The molecule has 11 nitrogen and oxygen atoms in total. The molecule has 0 saturated heterocycles. The molecule has 0 unspecified atom stereocenters. The molecule has 2 atom stereocenters. The molecule has 0 aliphatic carbocycles. The number of ether oxygens (including phenoxy) is 3. The summed E-state index contributed by atoms with van der Waals surface area (Å²) in [7, 11) is 1.27. The predicted octanol–water partition coefficient (Wildman–Crippen LogP) is 3.28. The van der Waals surface area contributed by atoms with E-state index in [0.29, 0.717) is 38.5 Å². The van der Waals surface area contributed by atoms with Crippen LogP contribution < -0.4 is 25.5 Å². The van der Waals surface area contributed by atoms with Gasteiger partial charge in [-0.05, 0) is 66.3 Å². The smallest absolute Gasteiger partial charge is 0.337 e. The Morgan fingerprint density at radius 1 is 1.30 bits per heavy atom. The van der Waals surface area contributed by atoms with Gasteiger partial charge >= 0.3 is 12.0 Å². The molecule has 2 amide bonds. The Bertz CT molecular complexity index is 1240. The summed E-state index contributed by atoms with van der Waals surface area (Å²) in [5, 5.41) is 29.6. The molecule has 0 aromatic heterocycles. The Morgan fingerprint density at radius 3 is 2.76 bits per heavy atom. The number of phenolic OH excluding ortho intramolecular Hbond substituents is 1. The highest BCUT2D eigenvalue weighted by Gasteiger charge is 2.32. The Balaban J connectivity index is 1.72. The van der Waals surface area contributed by atoms with Crippen molar-refractivity contribution >= 4 is 56.7 Å². The molecule has 2 aromatic carbocycles. The zero-order valence-electron chi connectivity index (χ0n) is 20.2. The van der Waals surface area contributed by atoms with Crippen LogP contribution in [0.4, 0.5) is 4.79 Å². The largest absolute Gasteiger partial charge is 0.506 e. The Morgan fingerprint density at radius 2 is 2.05 bits per heavy atom. The number of urea groups is 1. The van der Waals surface area contributed by atoms with E-state index in [0.717, 1.165) is 4.47 Å². The van der Waals surface area contributed by atoms with Crippen molar-refractivity contribution in [1.29, 1.82) is 0 Å². The van der Waals surface area contributed by atoms with E-state index >= 15 is 0 Å². The van der Waals surface area contributed by atoms with Crippen molar-refractivity contribution in [1.82, 2.24) is 16.1 Å².